The summed E-state index contributed by atoms with van der Waals surface area (Å²) in [4.78, 5) is 29.8. The van der Waals surface area contributed by atoms with Crippen LogP contribution in [0.4, 0.5) is 18.0 Å². The molecule has 0 radical (unpaired) electrons. The van der Waals surface area contributed by atoms with Crippen LogP contribution in [-0.4, -0.2) is 86.0 Å². The number of nitrogens with zero attached hydrogens (tertiary/aromatic N) is 6. The molecule has 0 unspecified atom stereocenters. The van der Waals surface area contributed by atoms with Gasteiger partial charge in [0.05, 0.1) is 11.2 Å². The summed E-state index contributed by atoms with van der Waals surface area (Å²) in [5.41, 5.74) is 0.680. The monoisotopic (exact) mass is 630 g/mol. The molecule has 0 bridgehead atoms. The van der Waals surface area contributed by atoms with Crippen LogP contribution in [-0.2, 0) is 6.42 Å². The maximum Gasteiger partial charge on any atom is 0.327 e. The Bertz CT molecular complexity index is 2010. The second-order valence-electron chi connectivity index (χ2n) is 12.4. The third kappa shape index (κ3) is 4.91. The molecule has 2 saturated heterocycles. The lowest BCUT2D eigenvalue weighted by Crippen LogP contribution is -2.43. The maximum absolute atomic E-state index is 16.8. The number of carbonyl (C=O) groups is 1. The second kappa shape index (κ2) is 11.3. The number of halogens is 3. The van der Waals surface area contributed by atoms with Gasteiger partial charge in [0.2, 0.25) is 0 Å². The van der Waals surface area contributed by atoms with Crippen LogP contribution in [0.1, 0.15) is 31.7 Å². The Morgan fingerprint density at radius 3 is 2.78 bits per heavy atom. The quantitative estimate of drug-likeness (QED) is 0.234. The number of rotatable bonds is 6. The minimum Gasteiger partial charge on any atom is -0.508 e. The second-order valence-corrected chi connectivity index (χ2v) is 12.4. The Hall–Kier alpha value is -4.71. The van der Waals surface area contributed by atoms with E-state index in [9.17, 15) is 18.7 Å². The van der Waals surface area contributed by atoms with E-state index in [1.165, 1.54) is 39.9 Å². The maximum atomic E-state index is 16.8. The number of ether oxygens (including phenoxy) is 1. The summed E-state index contributed by atoms with van der Waals surface area (Å²) in [6, 6.07) is 7.02. The van der Waals surface area contributed by atoms with Crippen LogP contribution in [0.2, 0.25) is 0 Å². The van der Waals surface area contributed by atoms with Crippen molar-refractivity contribution in [3.05, 3.63) is 66.1 Å². The van der Waals surface area contributed by atoms with E-state index >= 15 is 4.39 Å². The van der Waals surface area contributed by atoms with E-state index in [-0.39, 0.29) is 46.6 Å². The number of aromatic nitrogens is 4. The number of hydrogen-bond donors (Lipinski definition) is 1. The van der Waals surface area contributed by atoms with Crippen LogP contribution in [0.15, 0.2) is 48.9 Å². The highest BCUT2D eigenvalue weighted by Crippen LogP contribution is 2.42. The molecule has 2 aliphatic heterocycles. The fourth-order valence-electron chi connectivity index (χ4n) is 7.08. The van der Waals surface area contributed by atoms with E-state index in [0.717, 1.165) is 19.4 Å². The topological polar surface area (TPSA) is 96.6 Å². The highest BCUT2D eigenvalue weighted by atomic mass is 19.1. The average Bonchev–Trinajstić information content (AvgIpc) is 3.74. The predicted octanol–water partition coefficient (Wildman–Crippen LogP) is 6.34. The first-order valence-electron chi connectivity index (χ1n) is 15.3. The lowest BCUT2D eigenvalue weighted by Gasteiger charge is -2.30. The molecule has 9 nitrogen and oxygen atoms in total. The summed E-state index contributed by atoms with van der Waals surface area (Å²) in [6.45, 7) is 3.06. The normalized spacial score (nSPS) is 19.7. The van der Waals surface area contributed by atoms with Crippen LogP contribution >= 0.6 is 0 Å². The van der Waals surface area contributed by atoms with Crippen molar-refractivity contribution < 1.29 is 27.8 Å². The average molecular weight is 631 g/mol. The van der Waals surface area contributed by atoms with E-state index in [2.05, 4.69) is 19.9 Å². The molecule has 0 aliphatic carbocycles. The smallest absolute Gasteiger partial charge is 0.327 e. The fourth-order valence-corrected chi connectivity index (χ4v) is 7.08. The largest absolute Gasteiger partial charge is 0.508 e. The van der Waals surface area contributed by atoms with Gasteiger partial charge in [-0.3, -0.25) is 14.5 Å². The number of pyridine rings is 1. The van der Waals surface area contributed by atoms with E-state index in [0.29, 0.717) is 47.0 Å². The van der Waals surface area contributed by atoms with Gasteiger partial charge in [0.1, 0.15) is 35.6 Å². The zero-order valence-electron chi connectivity index (χ0n) is 25.7. The van der Waals surface area contributed by atoms with Gasteiger partial charge in [-0.05, 0) is 66.4 Å². The number of carbonyl (C=O) groups excluding carboxylic acids is 1. The molecule has 0 saturated carbocycles. The standard InChI is InChI=1S/C34H33F3N6O3/c1-4-23-26(36)7-6-19-12-22(44)13-24(27(19)23)30-28(37)31-25(15-38-30)29(20-8-11-42(16-20)33(45)41(2)3)39-32(40-31)46-18-34-9-5-10-43(34)17-21(35)14-34/h6-8,11-13,15-16,21,44H,4-5,9-10,14,17-18H2,1-3H3/t21-,34+/m1/s1. The first-order valence-corrected chi connectivity index (χ1v) is 15.3. The van der Waals surface area contributed by atoms with Gasteiger partial charge in [-0.25, -0.2) is 18.0 Å². The minimum absolute atomic E-state index is 0.0989. The van der Waals surface area contributed by atoms with Gasteiger partial charge >= 0.3 is 12.0 Å². The summed E-state index contributed by atoms with van der Waals surface area (Å²) in [5.74, 6) is -1.37. The van der Waals surface area contributed by atoms with E-state index in [1.54, 1.807) is 39.5 Å². The molecule has 2 atom stereocenters. The zero-order valence-corrected chi connectivity index (χ0v) is 25.7. The lowest BCUT2D eigenvalue weighted by atomic mass is 9.94. The number of aromatic hydroxyl groups is 1. The number of alkyl halides is 1. The van der Waals surface area contributed by atoms with Crippen molar-refractivity contribution >= 4 is 27.7 Å². The first kappa shape index (κ1) is 30.0. The van der Waals surface area contributed by atoms with Gasteiger partial charge in [0.25, 0.3) is 0 Å². The van der Waals surface area contributed by atoms with Gasteiger partial charge in [0, 0.05) is 62.2 Å². The Labute approximate surface area is 263 Å². The Morgan fingerprint density at radius 2 is 2.00 bits per heavy atom. The van der Waals surface area contributed by atoms with Crippen molar-refractivity contribution in [1.82, 2.24) is 29.3 Å². The van der Waals surface area contributed by atoms with Crippen molar-refractivity contribution in [1.29, 1.82) is 0 Å². The summed E-state index contributed by atoms with van der Waals surface area (Å²) < 4.78 is 53.7. The molecule has 5 heterocycles. The minimum atomic E-state index is -0.952. The van der Waals surface area contributed by atoms with Crippen LogP contribution in [0, 0.1) is 11.6 Å². The summed E-state index contributed by atoms with van der Waals surface area (Å²) in [5, 5.41) is 11.8. The molecule has 12 heteroatoms. The molecule has 2 aliphatic rings. The molecular formula is C34H33F3N6O3. The van der Waals surface area contributed by atoms with Crippen molar-refractivity contribution in [3.63, 3.8) is 0 Å². The van der Waals surface area contributed by atoms with Crippen molar-refractivity contribution in [3.8, 4) is 34.3 Å². The van der Waals surface area contributed by atoms with E-state index in [4.69, 9.17) is 4.74 Å². The SMILES string of the molecule is CCc1c(F)ccc2cc(O)cc(-c3ncc4c(-c5ccn(C(=O)N(C)C)c5)nc(OC[C@@]56CCCN5C[C@H](F)C6)nc4c3F)c12. The predicted molar refractivity (Wildman–Crippen MR) is 168 cm³/mol. The first-order chi connectivity index (χ1) is 22.1. The van der Waals surface area contributed by atoms with Crippen molar-refractivity contribution in [2.75, 3.05) is 33.8 Å². The van der Waals surface area contributed by atoms with Crippen LogP contribution < -0.4 is 4.74 Å². The third-order valence-electron chi connectivity index (χ3n) is 9.23. The van der Waals surface area contributed by atoms with Gasteiger partial charge < -0.3 is 14.7 Å². The molecule has 0 spiro atoms. The number of benzene rings is 2. The molecule has 238 valence electrons. The molecule has 1 N–H and O–H groups in total. The van der Waals surface area contributed by atoms with Gasteiger partial charge in [0.15, 0.2) is 5.82 Å². The number of amides is 1. The molecule has 2 aromatic carbocycles. The Balaban J connectivity index is 1.40. The summed E-state index contributed by atoms with van der Waals surface area (Å²) in [6.07, 6.45) is 6.02. The fraction of sp³-hybridized carbons (Fsp3) is 0.353. The number of phenols is 1. The van der Waals surface area contributed by atoms with E-state index < -0.39 is 23.3 Å². The van der Waals surface area contributed by atoms with Crippen molar-refractivity contribution in [2.24, 2.45) is 0 Å². The van der Waals surface area contributed by atoms with E-state index in [1.807, 2.05) is 0 Å². The summed E-state index contributed by atoms with van der Waals surface area (Å²) >= 11 is 0. The van der Waals surface area contributed by atoms with Crippen LogP contribution in [0.3, 0.4) is 0 Å². The van der Waals surface area contributed by atoms with Crippen molar-refractivity contribution in [2.45, 2.75) is 44.3 Å². The third-order valence-corrected chi connectivity index (χ3v) is 9.23. The number of fused-ring (bicyclic) bond motifs is 3. The molecule has 7 rings (SSSR count). The zero-order chi connectivity index (χ0) is 32.3. The Kier molecular flexibility index (Phi) is 7.34. The summed E-state index contributed by atoms with van der Waals surface area (Å²) in [7, 11) is 3.26. The molecule has 5 aromatic rings. The molecular weight excluding hydrogens is 597 g/mol. The van der Waals surface area contributed by atoms with Gasteiger partial charge in [-0.1, -0.05) is 13.0 Å². The molecule has 46 heavy (non-hydrogen) atoms. The lowest BCUT2D eigenvalue weighted by molar-refractivity contribution is 0.107. The van der Waals surface area contributed by atoms with Crippen LogP contribution in [0.5, 0.6) is 11.8 Å². The highest BCUT2D eigenvalue weighted by Gasteiger charge is 2.49. The number of aryl methyl sites for hydroxylation is 1. The molecule has 1 amide bonds. The molecule has 2 fully saturated rings. The van der Waals surface area contributed by atoms with Gasteiger partial charge in [-0.15, -0.1) is 0 Å². The Morgan fingerprint density at radius 1 is 1.17 bits per heavy atom. The number of phenolic OH excluding ortho intramolecular Hbond substituents is 1. The van der Waals surface area contributed by atoms with Crippen LogP contribution in [0.25, 0.3) is 44.2 Å². The highest BCUT2D eigenvalue weighted by molar-refractivity contribution is 6.02. The number of hydrogen-bond acceptors (Lipinski definition) is 7. The molecule has 3 aromatic heterocycles. The van der Waals surface area contributed by atoms with Gasteiger partial charge in [-0.2, -0.15) is 9.97 Å².